The van der Waals surface area contributed by atoms with Gasteiger partial charge in [0, 0.05) is 10.9 Å². The molecule has 0 spiro atoms. The third-order valence-corrected chi connectivity index (χ3v) is 7.17. The highest BCUT2D eigenvalue weighted by Gasteiger charge is 2.29. The first-order valence-corrected chi connectivity index (χ1v) is 11.7. The summed E-state index contributed by atoms with van der Waals surface area (Å²) < 4.78 is 13.6. The molecule has 1 saturated carbocycles. The number of benzene rings is 3. The van der Waals surface area contributed by atoms with Crippen LogP contribution in [0.2, 0.25) is 5.02 Å². The van der Waals surface area contributed by atoms with E-state index in [2.05, 4.69) is 42.5 Å². The molecule has 3 aromatic rings. The van der Waals surface area contributed by atoms with Crippen LogP contribution in [-0.4, -0.2) is 0 Å². The van der Waals surface area contributed by atoms with E-state index in [4.69, 9.17) is 11.6 Å². The average molecular weight is 427 g/mol. The third kappa shape index (κ3) is 3.46. The zero-order chi connectivity index (χ0) is 20.9. The molecule has 6 rings (SSSR count). The van der Waals surface area contributed by atoms with Crippen LogP contribution in [0.15, 0.2) is 60.7 Å². The fraction of sp³-hybridized carbons (Fsp3) is 0.241. The van der Waals surface area contributed by atoms with Crippen molar-refractivity contribution in [1.29, 1.82) is 0 Å². The number of fused-ring (bicyclic) bond motifs is 4. The van der Waals surface area contributed by atoms with Crippen molar-refractivity contribution in [3.63, 3.8) is 0 Å². The van der Waals surface area contributed by atoms with Crippen molar-refractivity contribution in [1.82, 2.24) is 0 Å². The van der Waals surface area contributed by atoms with E-state index in [0.717, 1.165) is 23.4 Å². The van der Waals surface area contributed by atoms with Gasteiger partial charge in [0.15, 0.2) is 0 Å². The molecule has 1 unspecified atom stereocenters. The molecular weight excluding hydrogens is 403 g/mol. The van der Waals surface area contributed by atoms with E-state index in [9.17, 15) is 4.39 Å². The van der Waals surface area contributed by atoms with Crippen LogP contribution >= 0.6 is 11.6 Å². The molecule has 0 aliphatic heterocycles. The van der Waals surface area contributed by atoms with Crippen molar-refractivity contribution in [2.75, 3.05) is 0 Å². The highest BCUT2D eigenvalue weighted by Crippen LogP contribution is 2.44. The van der Waals surface area contributed by atoms with Gasteiger partial charge in [-0.05, 0) is 105 Å². The minimum Gasteiger partial charge on any atom is -0.207 e. The van der Waals surface area contributed by atoms with E-state index in [-0.39, 0.29) is 11.7 Å². The molecule has 0 bridgehead atoms. The smallest absolute Gasteiger partial charge is 0.123 e. The van der Waals surface area contributed by atoms with Crippen LogP contribution in [0.4, 0.5) is 4.39 Å². The van der Waals surface area contributed by atoms with Crippen molar-refractivity contribution in [3.05, 3.63) is 109 Å². The molecule has 1 atom stereocenters. The highest BCUT2D eigenvalue weighted by molar-refractivity contribution is 6.30. The van der Waals surface area contributed by atoms with Gasteiger partial charge in [-0.15, -0.1) is 0 Å². The lowest BCUT2D eigenvalue weighted by Gasteiger charge is -2.23. The molecule has 154 valence electrons. The van der Waals surface area contributed by atoms with Crippen LogP contribution in [0.1, 0.15) is 48.3 Å². The van der Waals surface area contributed by atoms with Gasteiger partial charge in [0.25, 0.3) is 0 Å². The number of hydrogen-bond donors (Lipinski definition) is 0. The molecule has 0 radical (unpaired) electrons. The maximum absolute atomic E-state index is 13.6. The Morgan fingerprint density at radius 3 is 2.55 bits per heavy atom. The SMILES string of the molecule is Fc1ccc(/C(=C/C2C=c3cc(Cl)ccc3=c3ccc4c(c32)CCCC=4)C2CC2)cc1. The second-order valence-electron chi connectivity index (χ2n) is 9.02. The molecule has 0 heterocycles. The van der Waals surface area contributed by atoms with Gasteiger partial charge < -0.3 is 0 Å². The summed E-state index contributed by atoms with van der Waals surface area (Å²) in [5.41, 5.74) is 5.45. The van der Waals surface area contributed by atoms with Gasteiger partial charge in [-0.3, -0.25) is 0 Å². The van der Waals surface area contributed by atoms with E-state index >= 15 is 0 Å². The molecule has 3 aliphatic carbocycles. The summed E-state index contributed by atoms with van der Waals surface area (Å²) in [6.07, 6.45) is 13.1. The quantitative estimate of drug-likeness (QED) is 0.464. The molecule has 31 heavy (non-hydrogen) atoms. The molecule has 1 fully saturated rings. The minimum absolute atomic E-state index is 0.179. The monoisotopic (exact) mass is 426 g/mol. The van der Waals surface area contributed by atoms with E-state index < -0.39 is 0 Å². The van der Waals surface area contributed by atoms with Crippen LogP contribution in [0.25, 0.3) is 17.7 Å². The molecule has 0 N–H and O–H groups in total. The van der Waals surface area contributed by atoms with E-state index in [0.29, 0.717) is 5.92 Å². The molecule has 0 nitrogen and oxygen atoms in total. The number of halogens is 2. The molecule has 3 aliphatic rings. The molecule has 0 amide bonds. The summed E-state index contributed by atoms with van der Waals surface area (Å²) >= 11 is 6.37. The number of rotatable bonds is 3. The Kier molecular flexibility index (Phi) is 4.61. The summed E-state index contributed by atoms with van der Waals surface area (Å²) in [5.74, 6) is 0.596. The van der Waals surface area contributed by atoms with E-state index in [1.807, 2.05) is 18.2 Å². The lowest BCUT2D eigenvalue weighted by Crippen LogP contribution is -2.22. The van der Waals surface area contributed by atoms with Gasteiger partial charge in [-0.1, -0.05) is 60.2 Å². The lowest BCUT2D eigenvalue weighted by atomic mass is 9.81. The summed E-state index contributed by atoms with van der Waals surface area (Å²) in [7, 11) is 0. The first-order valence-electron chi connectivity index (χ1n) is 11.3. The Balaban J connectivity index is 1.63. The Hall–Kier alpha value is -2.64. The zero-order valence-corrected chi connectivity index (χ0v) is 18.1. The normalized spacial score (nSPS) is 19.5. The number of hydrogen-bond acceptors (Lipinski definition) is 0. The predicted octanol–water partition coefficient (Wildman–Crippen LogP) is 6.25. The Morgan fingerprint density at radius 1 is 0.935 bits per heavy atom. The fourth-order valence-corrected chi connectivity index (χ4v) is 5.51. The maximum Gasteiger partial charge on any atom is 0.123 e. The summed E-state index contributed by atoms with van der Waals surface area (Å²) in [6.45, 7) is 0. The highest BCUT2D eigenvalue weighted by atomic mass is 35.5. The van der Waals surface area contributed by atoms with Crippen molar-refractivity contribution in [2.24, 2.45) is 5.92 Å². The van der Waals surface area contributed by atoms with Gasteiger partial charge in [0.2, 0.25) is 0 Å². The molecule has 3 aromatic carbocycles. The fourth-order valence-electron chi connectivity index (χ4n) is 5.33. The van der Waals surface area contributed by atoms with Gasteiger partial charge in [0.05, 0.1) is 0 Å². The Labute approximate surface area is 186 Å². The van der Waals surface area contributed by atoms with Crippen molar-refractivity contribution >= 4 is 29.3 Å². The van der Waals surface area contributed by atoms with Crippen molar-refractivity contribution in [3.8, 4) is 0 Å². The van der Waals surface area contributed by atoms with Gasteiger partial charge >= 0.3 is 0 Å². The first-order chi connectivity index (χ1) is 15.2. The number of allylic oxidation sites excluding steroid dienone is 2. The molecule has 2 heteroatoms. The average Bonchev–Trinajstić information content (AvgIpc) is 3.62. The van der Waals surface area contributed by atoms with Crippen LogP contribution in [-0.2, 0) is 6.42 Å². The van der Waals surface area contributed by atoms with Crippen molar-refractivity contribution < 1.29 is 4.39 Å². The molecular formula is C29H24ClF. The van der Waals surface area contributed by atoms with Gasteiger partial charge in [-0.2, -0.15) is 0 Å². The maximum atomic E-state index is 13.6. The molecule has 0 aromatic heterocycles. The van der Waals surface area contributed by atoms with Crippen LogP contribution < -0.4 is 10.4 Å². The Bertz CT molecular complexity index is 1430. The predicted molar refractivity (Wildman–Crippen MR) is 127 cm³/mol. The first kappa shape index (κ1) is 19.1. The lowest BCUT2D eigenvalue weighted by molar-refractivity contribution is 0.627. The van der Waals surface area contributed by atoms with Gasteiger partial charge in [-0.25, -0.2) is 4.39 Å². The van der Waals surface area contributed by atoms with Crippen LogP contribution in [0, 0.1) is 22.2 Å². The van der Waals surface area contributed by atoms with Crippen LogP contribution in [0.3, 0.4) is 0 Å². The topological polar surface area (TPSA) is 0 Å². The minimum atomic E-state index is -0.179. The van der Waals surface area contributed by atoms with Gasteiger partial charge in [0.1, 0.15) is 5.82 Å². The summed E-state index contributed by atoms with van der Waals surface area (Å²) in [6, 6.07) is 17.9. The van der Waals surface area contributed by atoms with Crippen molar-refractivity contribution in [2.45, 2.75) is 38.0 Å². The van der Waals surface area contributed by atoms with Crippen LogP contribution in [0.5, 0.6) is 0 Å². The Morgan fingerprint density at radius 2 is 1.74 bits per heavy atom. The molecule has 0 saturated heterocycles. The second kappa shape index (κ2) is 7.50. The van der Waals surface area contributed by atoms with E-state index in [1.54, 1.807) is 12.1 Å². The second-order valence-corrected chi connectivity index (χ2v) is 9.45. The van der Waals surface area contributed by atoms with E-state index in [1.165, 1.54) is 56.8 Å². The standard InChI is InChI=1S/C29H24ClF/c30-23-10-14-25-21(16-23)15-22(29-26-4-2-1-3-18(26)9-13-27(25)29)17-28(19-5-6-19)20-7-11-24(31)12-8-20/h3,7-17,19,22H,1-2,4-6H2/b28-17+. The zero-order valence-electron chi connectivity index (χ0n) is 17.4. The summed E-state index contributed by atoms with van der Waals surface area (Å²) in [5, 5.41) is 5.97. The summed E-state index contributed by atoms with van der Waals surface area (Å²) in [4.78, 5) is 0. The largest absolute Gasteiger partial charge is 0.207 e. The third-order valence-electron chi connectivity index (χ3n) is 6.94.